The molecule has 3 heterocycles. The second kappa shape index (κ2) is 5.38. The zero-order chi connectivity index (χ0) is 13.6. The van der Waals surface area contributed by atoms with Gasteiger partial charge in [-0.05, 0) is 11.3 Å². The maximum absolute atomic E-state index is 11.8. The number of hydrogen-bond acceptors (Lipinski definition) is 8. The summed E-state index contributed by atoms with van der Waals surface area (Å²) < 4.78 is 35.9. The Morgan fingerprint density at radius 3 is 2.80 bits per heavy atom. The smallest absolute Gasteiger partial charge is 0.724 e. The van der Waals surface area contributed by atoms with Gasteiger partial charge < -0.3 is 9.45 Å². The molecule has 20 heavy (non-hydrogen) atoms. The summed E-state index contributed by atoms with van der Waals surface area (Å²) >= 11 is 0. The first kappa shape index (κ1) is 15.3. The quantitative estimate of drug-likeness (QED) is 0.308. The molecule has 0 radical (unpaired) electrons. The molecule has 1 unspecified atom stereocenters. The van der Waals surface area contributed by atoms with Crippen LogP contribution < -0.4 is 29.6 Å². The van der Waals surface area contributed by atoms with Crippen molar-refractivity contribution in [2.75, 3.05) is 13.1 Å². The van der Waals surface area contributed by atoms with Gasteiger partial charge in [-0.3, -0.25) is 0 Å². The van der Waals surface area contributed by atoms with Crippen LogP contribution >= 0.6 is 0 Å². The minimum absolute atomic E-state index is 0. The Balaban J connectivity index is 0.00000147. The van der Waals surface area contributed by atoms with E-state index < -0.39 is 22.5 Å². The molecule has 0 aliphatic carbocycles. The normalized spacial score (nSPS) is 21.8. The van der Waals surface area contributed by atoms with Crippen molar-refractivity contribution in [3.63, 3.8) is 0 Å². The Hall–Kier alpha value is -1.05. The Kier molecular flexibility index (Phi) is 4.13. The van der Waals surface area contributed by atoms with Crippen LogP contribution in [0.25, 0.3) is 5.70 Å². The molecule has 102 valence electrons. The topological polar surface area (TPSA) is 134 Å². The third-order valence-electron chi connectivity index (χ3n) is 2.68. The average Bonchev–Trinajstić information content (AvgIpc) is 2.92. The zero-order valence-electron chi connectivity index (χ0n) is 10.3. The number of aromatic nitrogens is 4. The summed E-state index contributed by atoms with van der Waals surface area (Å²) in [6, 6.07) is -1.39. The number of carbonyl (C=O) groups excluding carboxylic acids is 1. The van der Waals surface area contributed by atoms with Crippen LogP contribution in [0, 0.1) is 0 Å². The van der Waals surface area contributed by atoms with Gasteiger partial charge in [0.25, 0.3) is 0 Å². The van der Waals surface area contributed by atoms with Gasteiger partial charge in [0.05, 0.1) is 12.2 Å². The van der Waals surface area contributed by atoms with Gasteiger partial charge in [-0.15, -0.1) is 15.0 Å². The minimum Gasteiger partial charge on any atom is -0.724 e. The number of rotatable bonds is 3. The van der Waals surface area contributed by atoms with E-state index in [1.165, 1.54) is 16.0 Å². The summed E-state index contributed by atoms with van der Waals surface area (Å²) in [6.07, 6.45) is 2.78. The van der Waals surface area contributed by atoms with Crippen LogP contribution in [-0.2, 0) is 14.7 Å². The maximum atomic E-state index is 11.8. The minimum atomic E-state index is -5.00. The second-order valence-electron chi connectivity index (χ2n) is 3.92. The SMILES string of the molecule is O=C1N2CC(n3ncnn3)=CC(C2)N1OS(=O)(=O)[O-].[Na+]. The number of carbonyl (C=O) groups is 1. The van der Waals surface area contributed by atoms with Crippen LogP contribution in [0.5, 0.6) is 0 Å². The number of amides is 2. The van der Waals surface area contributed by atoms with E-state index in [1.807, 2.05) is 0 Å². The predicted octanol–water partition coefficient (Wildman–Crippen LogP) is -4.97. The van der Waals surface area contributed by atoms with Gasteiger partial charge in [0.15, 0.2) is 6.33 Å². The van der Waals surface area contributed by atoms with Gasteiger partial charge in [0.2, 0.25) is 10.4 Å². The fraction of sp³-hybridized carbons (Fsp3) is 0.429. The molecule has 11 nitrogen and oxygen atoms in total. The Labute approximate surface area is 135 Å². The van der Waals surface area contributed by atoms with E-state index in [9.17, 15) is 17.8 Å². The van der Waals surface area contributed by atoms with Gasteiger partial charge in [-0.25, -0.2) is 13.2 Å². The number of fused-ring (bicyclic) bond motifs is 2. The molecule has 2 aliphatic rings. The van der Waals surface area contributed by atoms with E-state index >= 15 is 0 Å². The maximum Gasteiger partial charge on any atom is 1.00 e. The summed E-state index contributed by atoms with van der Waals surface area (Å²) in [5, 5.41) is 11.5. The van der Waals surface area contributed by atoms with Crippen LogP contribution in [-0.4, -0.2) is 68.3 Å². The molecule has 2 aliphatic heterocycles. The molecule has 13 heteroatoms. The molecule has 2 amide bonds. The van der Waals surface area contributed by atoms with Crippen molar-refractivity contribution >= 4 is 22.1 Å². The number of hydrogen-bond donors (Lipinski definition) is 0. The van der Waals surface area contributed by atoms with Gasteiger partial charge >= 0.3 is 35.6 Å². The molecule has 0 N–H and O–H groups in total. The van der Waals surface area contributed by atoms with Crippen LogP contribution in [0.1, 0.15) is 0 Å². The van der Waals surface area contributed by atoms with Crippen LogP contribution in [0.3, 0.4) is 0 Å². The third kappa shape index (κ3) is 2.84. The molecule has 1 aromatic rings. The van der Waals surface area contributed by atoms with E-state index in [0.717, 1.165) is 0 Å². The Bertz CT molecular complexity index is 645. The van der Waals surface area contributed by atoms with E-state index in [2.05, 4.69) is 19.7 Å². The van der Waals surface area contributed by atoms with Crippen molar-refractivity contribution in [2.45, 2.75) is 6.04 Å². The molecule has 0 aromatic carbocycles. The number of urea groups is 1. The van der Waals surface area contributed by atoms with Gasteiger partial charge in [0, 0.05) is 6.54 Å². The predicted molar refractivity (Wildman–Crippen MR) is 55.5 cm³/mol. The molecule has 3 rings (SSSR count). The Morgan fingerprint density at radius 2 is 2.20 bits per heavy atom. The summed E-state index contributed by atoms with van der Waals surface area (Å²) in [6.45, 7) is 0.400. The first-order valence-corrected chi connectivity index (χ1v) is 6.45. The van der Waals surface area contributed by atoms with Crippen molar-refractivity contribution in [1.82, 2.24) is 30.2 Å². The number of hydroxylamine groups is 2. The zero-order valence-corrected chi connectivity index (χ0v) is 13.1. The van der Waals surface area contributed by atoms with Crippen LogP contribution in [0.4, 0.5) is 4.79 Å². The van der Waals surface area contributed by atoms with Crippen molar-refractivity contribution in [3.05, 3.63) is 12.4 Å². The van der Waals surface area contributed by atoms with Crippen molar-refractivity contribution in [2.24, 2.45) is 0 Å². The fourth-order valence-corrected chi connectivity index (χ4v) is 2.37. The third-order valence-corrected chi connectivity index (χ3v) is 3.03. The Morgan fingerprint density at radius 1 is 1.45 bits per heavy atom. The van der Waals surface area contributed by atoms with Crippen molar-refractivity contribution < 1.29 is 51.6 Å². The standard InChI is InChI=1S/C7H8N6O5S.Na/c14-7-11-2-5(12(7)18-19(15,16)17)1-6(3-11)13-9-4-8-10-13;/h1,4-5H,2-3H2,(H,15,16,17);/q;+1/p-1. The first-order chi connectivity index (χ1) is 8.94. The molecule has 1 atom stereocenters. The molecule has 1 aromatic heterocycles. The van der Waals surface area contributed by atoms with E-state index in [1.54, 1.807) is 6.08 Å². The van der Waals surface area contributed by atoms with Gasteiger partial charge in [0.1, 0.15) is 6.04 Å². The molecule has 1 fully saturated rings. The van der Waals surface area contributed by atoms with Gasteiger partial charge in [-0.1, -0.05) is 0 Å². The fourth-order valence-electron chi connectivity index (χ4n) is 2.00. The van der Waals surface area contributed by atoms with Crippen LogP contribution in [0.15, 0.2) is 12.4 Å². The van der Waals surface area contributed by atoms with Crippen molar-refractivity contribution in [1.29, 1.82) is 0 Å². The molecular formula is C7H7N6NaO5S. The molecule has 0 saturated carbocycles. The summed E-state index contributed by atoms with van der Waals surface area (Å²) in [7, 11) is -5.00. The summed E-state index contributed by atoms with van der Waals surface area (Å²) in [5.41, 5.74) is 0.538. The summed E-state index contributed by atoms with van der Waals surface area (Å²) in [5.74, 6) is 0. The molecular weight excluding hydrogens is 303 g/mol. The van der Waals surface area contributed by atoms with Crippen LogP contribution in [0.2, 0.25) is 0 Å². The molecule has 0 spiro atoms. The number of nitrogens with zero attached hydrogens (tertiary/aromatic N) is 6. The number of tetrazole rings is 1. The van der Waals surface area contributed by atoms with Gasteiger partial charge in [-0.2, -0.15) is 9.35 Å². The average molecular weight is 310 g/mol. The largest absolute Gasteiger partial charge is 1.00 e. The first-order valence-electron chi connectivity index (χ1n) is 5.12. The van der Waals surface area contributed by atoms with E-state index in [4.69, 9.17) is 0 Å². The molecule has 1 saturated heterocycles. The van der Waals surface area contributed by atoms with E-state index in [-0.39, 0.29) is 42.6 Å². The summed E-state index contributed by atoms with van der Waals surface area (Å²) in [4.78, 5) is 14.3. The van der Waals surface area contributed by atoms with Crippen molar-refractivity contribution in [3.8, 4) is 0 Å². The van der Waals surface area contributed by atoms with E-state index in [0.29, 0.717) is 10.8 Å². The second-order valence-corrected chi connectivity index (χ2v) is 4.89. The molecule has 2 bridgehead atoms. The monoisotopic (exact) mass is 310 g/mol.